The number of anilines is 1. The van der Waals surface area contributed by atoms with Gasteiger partial charge in [-0.05, 0) is 103 Å². The smallest absolute Gasteiger partial charge is 0.257 e. The van der Waals surface area contributed by atoms with Crippen molar-refractivity contribution in [2.75, 3.05) is 11.9 Å². The summed E-state index contributed by atoms with van der Waals surface area (Å²) in [6, 6.07) is 16.8. The first-order valence-electron chi connectivity index (χ1n) is 10.4. The van der Waals surface area contributed by atoms with Crippen molar-refractivity contribution >= 4 is 56.0 Å². The first-order valence-corrected chi connectivity index (χ1v) is 11.6. The van der Waals surface area contributed by atoms with E-state index in [1.807, 2.05) is 57.2 Å². The molecule has 1 aromatic heterocycles. The molecule has 0 aliphatic heterocycles. The topological polar surface area (TPSA) is 76.4 Å². The summed E-state index contributed by atoms with van der Waals surface area (Å²) in [5.41, 5.74) is 5.65. The number of nitrogens with one attached hydrogen (secondary N) is 2. The fraction of sp³-hybridized carbons (Fsp3) is 0.160. The first-order chi connectivity index (χ1) is 15.8. The molecule has 0 spiro atoms. The van der Waals surface area contributed by atoms with Gasteiger partial charge in [-0.2, -0.15) is 0 Å². The third-order valence-corrected chi connectivity index (χ3v) is 5.82. The highest BCUT2D eigenvalue weighted by Crippen LogP contribution is 2.29. The van der Waals surface area contributed by atoms with E-state index in [9.17, 15) is 4.79 Å². The van der Waals surface area contributed by atoms with E-state index in [-0.39, 0.29) is 11.0 Å². The van der Waals surface area contributed by atoms with Crippen LogP contribution in [0, 0.1) is 13.8 Å². The minimum atomic E-state index is -0.320. The van der Waals surface area contributed by atoms with Crippen LogP contribution in [-0.2, 0) is 0 Å². The van der Waals surface area contributed by atoms with Crippen LogP contribution in [0.25, 0.3) is 22.6 Å². The van der Waals surface area contributed by atoms with E-state index in [4.69, 9.17) is 21.4 Å². The summed E-state index contributed by atoms with van der Waals surface area (Å²) in [6.07, 6.45) is 0. The van der Waals surface area contributed by atoms with Crippen LogP contribution in [0.4, 0.5) is 5.69 Å². The molecule has 1 amide bonds. The molecule has 3 aromatic carbocycles. The maximum atomic E-state index is 12.6. The molecule has 0 saturated heterocycles. The van der Waals surface area contributed by atoms with Gasteiger partial charge in [-0.3, -0.25) is 10.1 Å². The second kappa shape index (κ2) is 9.72. The van der Waals surface area contributed by atoms with Crippen molar-refractivity contribution < 1.29 is 13.9 Å². The number of amides is 1. The predicted molar refractivity (Wildman–Crippen MR) is 138 cm³/mol. The van der Waals surface area contributed by atoms with Crippen molar-refractivity contribution in [2.24, 2.45) is 0 Å². The minimum absolute atomic E-state index is 0.193. The van der Waals surface area contributed by atoms with Crippen LogP contribution in [0.1, 0.15) is 28.4 Å². The number of aryl methyl sites for hydroxylation is 2. The van der Waals surface area contributed by atoms with E-state index in [2.05, 4.69) is 31.5 Å². The van der Waals surface area contributed by atoms with Crippen molar-refractivity contribution in [3.05, 3.63) is 75.8 Å². The molecule has 4 rings (SSSR count). The van der Waals surface area contributed by atoms with Crippen molar-refractivity contribution in [3.8, 4) is 17.2 Å². The van der Waals surface area contributed by atoms with Gasteiger partial charge >= 0.3 is 0 Å². The summed E-state index contributed by atoms with van der Waals surface area (Å²) in [6.45, 7) is 6.41. The van der Waals surface area contributed by atoms with Gasteiger partial charge in [0.2, 0.25) is 5.89 Å². The lowest BCUT2D eigenvalue weighted by molar-refractivity contribution is 0.0977. The normalized spacial score (nSPS) is 10.8. The van der Waals surface area contributed by atoms with Crippen molar-refractivity contribution in [2.45, 2.75) is 20.8 Å². The Labute approximate surface area is 205 Å². The van der Waals surface area contributed by atoms with Crippen LogP contribution in [0.3, 0.4) is 0 Å². The number of thiocarbonyl (C=S) groups is 1. The van der Waals surface area contributed by atoms with Gasteiger partial charge in [0.1, 0.15) is 11.3 Å². The maximum absolute atomic E-state index is 12.6. The van der Waals surface area contributed by atoms with Crippen molar-refractivity contribution in [1.82, 2.24) is 10.3 Å². The molecule has 0 aliphatic rings. The molecule has 33 heavy (non-hydrogen) atoms. The van der Waals surface area contributed by atoms with Gasteiger partial charge in [0.05, 0.1) is 11.1 Å². The van der Waals surface area contributed by atoms with Crippen LogP contribution in [0.15, 0.2) is 63.5 Å². The number of hydrogen-bond donors (Lipinski definition) is 2. The highest BCUT2D eigenvalue weighted by Gasteiger charge is 2.14. The van der Waals surface area contributed by atoms with Gasteiger partial charge in [0.15, 0.2) is 10.7 Å². The zero-order valence-electron chi connectivity index (χ0n) is 18.4. The molecule has 168 valence electrons. The van der Waals surface area contributed by atoms with Gasteiger partial charge in [0, 0.05) is 16.8 Å². The number of nitrogens with zero attached hydrogens (tertiary/aromatic N) is 1. The van der Waals surface area contributed by atoms with Crippen LogP contribution in [0.2, 0.25) is 0 Å². The van der Waals surface area contributed by atoms with E-state index < -0.39 is 0 Å². The summed E-state index contributed by atoms with van der Waals surface area (Å²) < 4.78 is 12.1. The maximum Gasteiger partial charge on any atom is 0.257 e. The van der Waals surface area contributed by atoms with Crippen LogP contribution in [-0.4, -0.2) is 22.6 Å². The Kier molecular flexibility index (Phi) is 6.76. The van der Waals surface area contributed by atoms with Gasteiger partial charge < -0.3 is 14.5 Å². The predicted octanol–water partition coefficient (Wildman–Crippen LogP) is 6.40. The Morgan fingerprint density at radius 2 is 1.94 bits per heavy atom. The number of halogens is 1. The Morgan fingerprint density at radius 3 is 2.70 bits per heavy atom. The molecule has 0 fully saturated rings. The fourth-order valence-electron chi connectivity index (χ4n) is 3.29. The lowest BCUT2D eigenvalue weighted by Crippen LogP contribution is -2.34. The van der Waals surface area contributed by atoms with E-state index in [1.165, 1.54) is 0 Å². The Morgan fingerprint density at radius 1 is 1.12 bits per heavy atom. The molecule has 0 radical (unpaired) electrons. The van der Waals surface area contributed by atoms with Crippen LogP contribution in [0.5, 0.6) is 5.75 Å². The Balaban J connectivity index is 1.49. The molecule has 0 atom stereocenters. The van der Waals surface area contributed by atoms with Gasteiger partial charge in [-0.1, -0.05) is 12.1 Å². The number of aromatic nitrogens is 1. The third-order valence-electron chi connectivity index (χ3n) is 5.00. The largest absolute Gasteiger partial charge is 0.493 e. The first kappa shape index (κ1) is 22.9. The van der Waals surface area contributed by atoms with Gasteiger partial charge in [-0.15, -0.1) is 0 Å². The molecule has 0 saturated carbocycles. The minimum Gasteiger partial charge on any atom is -0.493 e. The molecule has 0 aliphatic carbocycles. The number of oxazole rings is 1. The SMILES string of the molecule is CCOc1ccc(C(=O)NC(=S)Nc2cc(-c3nc4cc(C)ccc4o3)ccc2C)cc1Br. The second-order valence-electron chi connectivity index (χ2n) is 7.51. The third kappa shape index (κ3) is 5.23. The monoisotopic (exact) mass is 523 g/mol. The van der Waals surface area contributed by atoms with E-state index in [0.29, 0.717) is 28.3 Å². The molecule has 0 unspecified atom stereocenters. The number of fused-ring (bicyclic) bond motifs is 1. The summed E-state index contributed by atoms with van der Waals surface area (Å²) >= 11 is 8.80. The summed E-state index contributed by atoms with van der Waals surface area (Å²) in [7, 11) is 0. The Hall–Kier alpha value is -3.23. The second-order valence-corrected chi connectivity index (χ2v) is 8.77. The van der Waals surface area contributed by atoms with E-state index >= 15 is 0 Å². The molecular weight excluding hydrogens is 502 g/mol. The molecule has 2 N–H and O–H groups in total. The Bertz CT molecular complexity index is 1370. The number of hydrogen-bond acceptors (Lipinski definition) is 5. The standard InChI is InChI=1S/C25H22BrN3O3S/c1-4-31-21-10-8-16(12-18(21)26)23(30)29-25(33)28-19-13-17(7-6-15(19)3)24-27-20-11-14(2)5-9-22(20)32-24/h5-13H,4H2,1-3H3,(H2,28,29,30,33). The lowest BCUT2D eigenvalue weighted by Gasteiger charge is -2.13. The van der Waals surface area contributed by atoms with Crippen molar-refractivity contribution in [1.29, 1.82) is 0 Å². The number of ether oxygens (including phenoxy) is 1. The average Bonchev–Trinajstić information content (AvgIpc) is 3.20. The molecule has 8 heteroatoms. The van der Waals surface area contributed by atoms with E-state index in [1.54, 1.807) is 18.2 Å². The number of benzene rings is 3. The fourth-order valence-corrected chi connectivity index (χ4v) is 3.99. The van der Waals surface area contributed by atoms with Crippen molar-refractivity contribution in [3.63, 3.8) is 0 Å². The average molecular weight is 524 g/mol. The quantitative estimate of drug-likeness (QED) is 0.294. The molecule has 1 heterocycles. The molecule has 0 bridgehead atoms. The number of carbonyl (C=O) groups is 1. The number of carbonyl (C=O) groups excluding carboxylic acids is 1. The zero-order chi connectivity index (χ0) is 23.5. The summed E-state index contributed by atoms with van der Waals surface area (Å²) in [5.74, 6) is 0.878. The van der Waals surface area contributed by atoms with Crippen LogP contribution >= 0.6 is 28.1 Å². The highest BCUT2D eigenvalue weighted by atomic mass is 79.9. The molecular formula is C25H22BrN3O3S. The van der Waals surface area contributed by atoms with Gasteiger partial charge in [0.25, 0.3) is 5.91 Å². The molecule has 4 aromatic rings. The van der Waals surface area contributed by atoms with Crippen LogP contribution < -0.4 is 15.4 Å². The highest BCUT2D eigenvalue weighted by molar-refractivity contribution is 9.10. The summed E-state index contributed by atoms with van der Waals surface area (Å²) in [4.78, 5) is 17.2. The zero-order valence-corrected chi connectivity index (χ0v) is 20.8. The van der Waals surface area contributed by atoms with Gasteiger partial charge in [-0.25, -0.2) is 4.98 Å². The number of rotatable bonds is 5. The molecule has 6 nitrogen and oxygen atoms in total. The summed E-state index contributed by atoms with van der Waals surface area (Å²) in [5, 5.41) is 6.02. The lowest BCUT2D eigenvalue weighted by atomic mass is 10.1. The van der Waals surface area contributed by atoms with E-state index in [0.717, 1.165) is 33.5 Å².